The molecule has 2 nitrogen and oxygen atoms in total. The van der Waals surface area contributed by atoms with E-state index in [9.17, 15) is 0 Å². The molecular weight excluding hydrogens is 631 g/mol. The molecule has 0 radical (unpaired) electrons. The Morgan fingerprint density at radius 1 is 0.288 bits per heavy atom. The average molecular weight is 664 g/mol. The minimum Gasteiger partial charge on any atom is -0.456 e. The normalized spacial score (nSPS) is 11.5. The second-order valence-corrected chi connectivity index (χ2v) is 13.4. The molecule has 1 heterocycles. The van der Waals surface area contributed by atoms with Crippen LogP contribution in [-0.4, -0.2) is 0 Å². The van der Waals surface area contributed by atoms with Crippen molar-refractivity contribution in [2.45, 2.75) is 0 Å². The van der Waals surface area contributed by atoms with Crippen LogP contribution in [0.3, 0.4) is 0 Å². The minimum atomic E-state index is 0.892. The fourth-order valence-electron chi connectivity index (χ4n) is 7.59. The van der Waals surface area contributed by atoms with Crippen LogP contribution in [-0.2, 0) is 0 Å². The summed E-state index contributed by atoms with van der Waals surface area (Å²) < 4.78 is 6.44. The molecule has 10 rings (SSSR count). The number of fused-ring (bicyclic) bond motifs is 6. The molecule has 10 aromatic rings. The topological polar surface area (TPSA) is 16.4 Å². The Morgan fingerprint density at radius 3 is 1.48 bits per heavy atom. The van der Waals surface area contributed by atoms with Gasteiger partial charge in [0.1, 0.15) is 11.2 Å². The summed E-state index contributed by atoms with van der Waals surface area (Å²) in [6.45, 7) is 0. The fraction of sp³-hybridized carbons (Fsp3) is 0. The van der Waals surface area contributed by atoms with Crippen molar-refractivity contribution < 1.29 is 4.42 Å². The average Bonchev–Trinajstić information content (AvgIpc) is 3.61. The highest BCUT2D eigenvalue weighted by Crippen LogP contribution is 2.42. The molecule has 0 N–H and O–H groups in total. The molecule has 0 aliphatic carbocycles. The zero-order valence-electron chi connectivity index (χ0n) is 28.4. The SMILES string of the molecule is c1ccc(-c2ccc(N(c3ccc(-c4ccc5ccccc5c4)cc3)c3ccc4ccc5oc6ccc(-c7ccccc7)cc6c5c4c3)cc2)cc1. The first-order valence-corrected chi connectivity index (χ1v) is 17.7. The van der Waals surface area contributed by atoms with Gasteiger partial charge in [0.05, 0.1) is 0 Å². The van der Waals surface area contributed by atoms with Crippen molar-refractivity contribution in [1.82, 2.24) is 0 Å². The predicted octanol–water partition coefficient (Wildman–Crippen LogP) is 14.4. The number of nitrogens with zero attached hydrogens (tertiary/aromatic N) is 1. The maximum Gasteiger partial charge on any atom is 0.136 e. The van der Waals surface area contributed by atoms with Crippen LogP contribution in [0.4, 0.5) is 17.1 Å². The van der Waals surface area contributed by atoms with Crippen molar-refractivity contribution in [2.24, 2.45) is 0 Å². The Balaban J connectivity index is 1.12. The molecule has 0 spiro atoms. The molecule has 0 fully saturated rings. The van der Waals surface area contributed by atoms with Gasteiger partial charge in [-0.05, 0) is 116 Å². The Hall–Kier alpha value is -6.90. The van der Waals surface area contributed by atoms with Crippen LogP contribution in [0.2, 0.25) is 0 Å². The largest absolute Gasteiger partial charge is 0.456 e. The highest BCUT2D eigenvalue weighted by atomic mass is 16.3. The van der Waals surface area contributed by atoms with E-state index in [0.717, 1.165) is 44.4 Å². The fourth-order valence-corrected chi connectivity index (χ4v) is 7.59. The van der Waals surface area contributed by atoms with Gasteiger partial charge in [0.25, 0.3) is 0 Å². The molecule has 0 atom stereocenters. The van der Waals surface area contributed by atoms with Crippen LogP contribution in [0.15, 0.2) is 205 Å². The monoisotopic (exact) mass is 663 g/mol. The highest BCUT2D eigenvalue weighted by Gasteiger charge is 2.17. The van der Waals surface area contributed by atoms with Crippen LogP contribution in [0.5, 0.6) is 0 Å². The molecule has 0 aliphatic heterocycles. The van der Waals surface area contributed by atoms with Crippen molar-refractivity contribution in [1.29, 1.82) is 0 Å². The maximum absolute atomic E-state index is 6.44. The number of hydrogen-bond donors (Lipinski definition) is 0. The van der Waals surface area contributed by atoms with Crippen molar-refractivity contribution >= 4 is 60.5 Å². The van der Waals surface area contributed by atoms with Gasteiger partial charge in [0, 0.05) is 27.8 Å². The van der Waals surface area contributed by atoms with Gasteiger partial charge in [-0.25, -0.2) is 0 Å². The lowest BCUT2D eigenvalue weighted by Gasteiger charge is -2.26. The number of rotatable bonds is 6. The molecule has 9 aromatic carbocycles. The van der Waals surface area contributed by atoms with E-state index < -0.39 is 0 Å². The summed E-state index contributed by atoms with van der Waals surface area (Å²) in [7, 11) is 0. The second kappa shape index (κ2) is 12.5. The molecule has 0 bridgehead atoms. The van der Waals surface area contributed by atoms with E-state index in [1.54, 1.807) is 0 Å². The molecule has 244 valence electrons. The summed E-state index contributed by atoms with van der Waals surface area (Å²) in [6.07, 6.45) is 0. The van der Waals surface area contributed by atoms with Crippen molar-refractivity contribution in [3.63, 3.8) is 0 Å². The first-order valence-electron chi connectivity index (χ1n) is 17.7. The molecule has 0 saturated carbocycles. The van der Waals surface area contributed by atoms with Crippen LogP contribution < -0.4 is 4.90 Å². The summed E-state index contributed by atoms with van der Waals surface area (Å²) >= 11 is 0. The van der Waals surface area contributed by atoms with Crippen LogP contribution in [0, 0.1) is 0 Å². The lowest BCUT2D eigenvalue weighted by Crippen LogP contribution is -2.09. The van der Waals surface area contributed by atoms with Gasteiger partial charge in [0.15, 0.2) is 0 Å². The van der Waals surface area contributed by atoms with E-state index >= 15 is 0 Å². The van der Waals surface area contributed by atoms with E-state index in [-0.39, 0.29) is 0 Å². The Kier molecular flexibility index (Phi) is 7.18. The van der Waals surface area contributed by atoms with Crippen LogP contribution in [0.1, 0.15) is 0 Å². The van der Waals surface area contributed by atoms with Crippen LogP contribution in [0.25, 0.3) is 76.9 Å². The first-order chi connectivity index (χ1) is 25.7. The van der Waals surface area contributed by atoms with E-state index in [2.05, 4.69) is 205 Å². The predicted molar refractivity (Wildman–Crippen MR) is 220 cm³/mol. The van der Waals surface area contributed by atoms with Gasteiger partial charge in [0.2, 0.25) is 0 Å². The zero-order chi connectivity index (χ0) is 34.4. The van der Waals surface area contributed by atoms with Gasteiger partial charge in [-0.1, -0.05) is 140 Å². The van der Waals surface area contributed by atoms with Gasteiger partial charge in [-0.3, -0.25) is 0 Å². The lowest BCUT2D eigenvalue weighted by molar-refractivity contribution is 0.669. The Bertz CT molecular complexity index is 2870. The van der Waals surface area contributed by atoms with E-state index in [4.69, 9.17) is 4.42 Å². The van der Waals surface area contributed by atoms with Crippen molar-refractivity contribution in [3.8, 4) is 33.4 Å². The molecule has 52 heavy (non-hydrogen) atoms. The summed E-state index contributed by atoms with van der Waals surface area (Å²) in [4.78, 5) is 2.36. The smallest absolute Gasteiger partial charge is 0.136 e. The second-order valence-electron chi connectivity index (χ2n) is 13.4. The highest BCUT2D eigenvalue weighted by molar-refractivity contribution is 6.20. The standard InChI is InChI=1S/C50H33NO/c1-3-9-34(10-4-1)37-17-24-43(25-18-37)51(44-26-19-38(20-27-44)41-16-15-36-13-7-8-14-40(36)31-41)45-28-21-39-22-30-49-50(46(39)33-45)47-32-42(23-29-48(47)52-49)35-11-5-2-6-12-35/h1-33H. The Morgan fingerprint density at radius 2 is 0.769 bits per heavy atom. The van der Waals surface area contributed by atoms with E-state index in [0.29, 0.717) is 0 Å². The third kappa shape index (κ3) is 5.30. The summed E-state index contributed by atoms with van der Waals surface area (Å²) in [5.74, 6) is 0. The molecule has 0 unspecified atom stereocenters. The van der Waals surface area contributed by atoms with Crippen molar-refractivity contribution in [3.05, 3.63) is 200 Å². The summed E-state index contributed by atoms with van der Waals surface area (Å²) in [5, 5.41) is 7.10. The summed E-state index contributed by atoms with van der Waals surface area (Å²) in [5.41, 5.74) is 12.2. The minimum absolute atomic E-state index is 0.892. The first kappa shape index (κ1) is 30.0. The molecule has 1 aromatic heterocycles. The van der Waals surface area contributed by atoms with Gasteiger partial charge < -0.3 is 9.32 Å². The summed E-state index contributed by atoms with van der Waals surface area (Å²) in [6, 6.07) is 71.7. The third-order valence-electron chi connectivity index (χ3n) is 10.2. The van der Waals surface area contributed by atoms with Gasteiger partial charge in [-0.2, -0.15) is 0 Å². The number of furan rings is 1. The maximum atomic E-state index is 6.44. The molecule has 0 saturated heterocycles. The van der Waals surface area contributed by atoms with Gasteiger partial charge in [-0.15, -0.1) is 0 Å². The Labute approximate surface area is 302 Å². The number of benzene rings is 9. The van der Waals surface area contributed by atoms with E-state index in [1.807, 2.05) is 0 Å². The quantitative estimate of drug-likeness (QED) is 0.176. The van der Waals surface area contributed by atoms with E-state index in [1.165, 1.54) is 49.5 Å². The molecule has 0 aliphatic rings. The van der Waals surface area contributed by atoms with Crippen molar-refractivity contribution in [2.75, 3.05) is 4.90 Å². The lowest BCUT2D eigenvalue weighted by atomic mass is 9.99. The number of anilines is 3. The molecular formula is C50H33NO. The van der Waals surface area contributed by atoms with Crippen LogP contribution >= 0.6 is 0 Å². The number of hydrogen-bond acceptors (Lipinski definition) is 2. The van der Waals surface area contributed by atoms with Gasteiger partial charge >= 0.3 is 0 Å². The molecule has 0 amide bonds. The third-order valence-corrected chi connectivity index (χ3v) is 10.2. The molecule has 2 heteroatoms. The zero-order valence-corrected chi connectivity index (χ0v) is 28.4.